The van der Waals surface area contributed by atoms with Crippen molar-refractivity contribution in [2.24, 2.45) is 0 Å². The van der Waals surface area contributed by atoms with Gasteiger partial charge in [-0.3, -0.25) is 0 Å². The van der Waals surface area contributed by atoms with E-state index in [4.69, 9.17) is 9.47 Å². The maximum Gasteiger partial charge on any atom is 0.174 e. The summed E-state index contributed by atoms with van der Waals surface area (Å²) in [6.45, 7) is 2.99. The summed E-state index contributed by atoms with van der Waals surface area (Å²) in [6.07, 6.45) is 0. The zero-order chi connectivity index (χ0) is 11.6. The number of hydrogen-bond donors (Lipinski definition) is 1. The molecule has 0 saturated heterocycles. The molecule has 0 aliphatic heterocycles. The molecule has 0 heterocycles. The number of hydrogen-bond acceptors (Lipinski definition) is 3. The largest absolute Gasteiger partial charge is 0.496 e. The van der Waals surface area contributed by atoms with Crippen LogP contribution >= 0.6 is 0 Å². The highest BCUT2D eigenvalue weighted by Gasteiger charge is 2.27. The van der Waals surface area contributed by atoms with Crippen molar-refractivity contribution in [3.05, 3.63) is 23.5 Å². The zero-order valence-corrected chi connectivity index (χ0v) is 9.30. The summed E-state index contributed by atoms with van der Waals surface area (Å²) in [4.78, 5) is 0. The summed E-state index contributed by atoms with van der Waals surface area (Å²) in [5.41, 5.74) is -1.21. The van der Waals surface area contributed by atoms with Crippen LogP contribution in [0.1, 0.15) is 19.4 Å². The molecule has 0 aliphatic carbocycles. The minimum absolute atomic E-state index is 0.0907. The van der Waals surface area contributed by atoms with E-state index < -0.39 is 11.4 Å². The first-order valence-corrected chi connectivity index (χ1v) is 4.55. The van der Waals surface area contributed by atoms with Crippen LogP contribution < -0.4 is 9.47 Å². The molecular weight excluding hydrogens is 199 g/mol. The minimum atomic E-state index is -1.32. The van der Waals surface area contributed by atoms with E-state index in [2.05, 4.69) is 0 Å². The van der Waals surface area contributed by atoms with Crippen LogP contribution in [0.15, 0.2) is 12.1 Å². The Morgan fingerprint density at radius 3 is 2.00 bits per heavy atom. The third-order valence-corrected chi connectivity index (χ3v) is 2.12. The van der Waals surface area contributed by atoms with Gasteiger partial charge in [0.05, 0.1) is 25.4 Å². The Bertz CT molecular complexity index is 356. The molecule has 3 nitrogen and oxygen atoms in total. The van der Waals surface area contributed by atoms with Gasteiger partial charge in [0.15, 0.2) is 11.6 Å². The van der Waals surface area contributed by atoms with Crippen molar-refractivity contribution >= 4 is 0 Å². The molecule has 0 aliphatic rings. The Hall–Kier alpha value is -1.29. The predicted molar refractivity (Wildman–Crippen MR) is 54.7 cm³/mol. The SMILES string of the molecule is COc1ccc(OC)c(C(C)(C)O)c1F. The maximum absolute atomic E-state index is 13.9. The highest BCUT2D eigenvalue weighted by Crippen LogP contribution is 2.36. The Labute approximate surface area is 88.4 Å². The first kappa shape index (κ1) is 11.8. The Morgan fingerprint density at radius 1 is 1.13 bits per heavy atom. The second-order valence-corrected chi connectivity index (χ2v) is 3.72. The third-order valence-electron chi connectivity index (χ3n) is 2.12. The smallest absolute Gasteiger partial charge is 0.174 e. The summed E-state index contributed by atoms with van der Waals surface area (Å²) in [5, 5.41) is 9.83. The van der Waals surface area contributed by atoms with Crippen molar-refractivity contribution in [1.29, 1.82) is 0 Å². The predicted octanol–water partition coefficient (Wildman–Crippen LogP) is 2.07. The molecule has 4 heteroatoms. The second kappa shape index (κ2) is 4.06. The lowest BCUT2D eigenvalue weighted by molar-refractivity contribution is 0.0708. The molecule has 0 bridgehead atoms. The molecule has 15 heavy (non-hydrogen) atoms. The number of halogens is 1. The van der Waals surface area contributed by atoms with Crippen LogP contribution in [0.4, 0.5) is 4.39 Å². The van der Waals surface area contributed by atoms with Gasteiger partial charge in [-0.1, -0.05) is 0 Å². The lowest BCUT2D eigenvalue weighted by Crippen LogP contribution is -2.19. The van der Waals surface area contributed by atoms with Crippen LogP contribution in [0.5, 0.6) is 11.5 Å². The third kappa shape index (κ3) is 2.21. The van der Waals surface area contributed by atoms with Crippen molar-refractivity contribution in [2.75, 3.05) is 14.2 Å². The van der Waals surface area contributed by atoms with Crippen molar-refractivity contribution in [3.8, 4) is 11.5 Å². The van der Waals surface area contributed by atoms with E-state index in [9.17, 15) is 9.50 Å². The van der Waals surface area contributed by atoms with Gasteiger partial charge in [-0.05, 0) is 26.0 Å². The van der Waals surface area contributed by atoms with Crippen LogP contribution in [-0.4, -0.2) is 19.3 Å². The van der Waals surface area contributed by atoms with E-state index in [1.54, 1.807) is 6.07 Å². The molecule has 1 aromatic carbocycles. The number of rotatable bonds is 3. The minimum Gasteiger partial charge on any atom is -0.496 e. The van der Waals surface area contributed by atoms with Gasteiger partial charge in [0.1, 0.15) is 5.75 Å². The summed E-state index contributed by atoms with van der Waals surface area (Å²) < 4.78 is 23.7. The van der Waals surface area contributed by atoms with Gasteiger partial charge in [-0.25, -0.2) is 4.39 Å². The van der Waals surface area contributed by atoms with Gasteiger partial charge in [0, 0.05) is 0 Å². The first-order valence-electron chi connectivity index (χ1n) is 4.55. The molecule has 0 fully saturated rings. The molecule has 0 saturated carbocycles. The summed E-state index contributed by atoms with van der Waals surface area (Å²) in [5.74, 6) is -0.196. The lowest BCUT2D eigenvalue weighted by Gasteiger charge is -2.22. The van der Waals surface area contributed by atoms with Gasteiger partial charge in [0.25, 0.3) is 0 Å². The van der Waals surface area contributed by atoms with Gasteiger partial charge in [-0.2, -0.15) is 0 Å². The van der Waals surface area contributed by atoms with Crippen LogP contribution in [-0.2, 0) is 5.60 Å². The summed E-state index contributed by atoms with van der Waals surface area (Å²) >= 11 is 0. The molecule has 1 N–H and O–H groups in total. The van der Waals surface area contributed by atoms with E-state index in [-0.39, 0.29) is 11.3 Å². The molecule has 0 atom stereocenters. The number of aliphatic hydroxyl groups is 1. The second-order valence-electron chi connectivity index (χ2n) is 3.72. The van der Waals surface area contributed by atoms with E-state index in [0.29, 0.717) is 5.75 Å². The lowest BCUT2D eigenvalue weighted by atomic mass is 9.96. The van der Waals surface area contributed by atoms with Gasteiger partial charge in [0.2, 0.25) is 0 Å². The van der Waals surface area contributed by atoms with Crippen LogP contribution in [0, 0.1) is 5.82 Å². The molecule has 0 amide bonds. The monoisotopic (exact) mass is 214 g/mol. The molecule has 0 spiro atoms. The van der Waals surface area contributed by atoms with Crippen LogP contribution in [0.25, 0.3) is 0 Å². The molecule has 1 rings (SSSR count). The molecule has 0 aromatic heterocycles. The standard InChI is InChI=1S/C11H15FO3/c1-11(2,13)9-7(14-3)5-6-8(15-4)10(9)12/h5-6,13H,1-4H3. The van der Waals surface area contributed by atoms with Crippen molar-refractivity contribution < 1.29 is 19.0 Å². The highest BCUT2D eigenvalue weighted by atomic mass is 19.1. The molecule has 0 radical (unpaired) electrons. The maximum atomic E-state index is 13.9. The average Bonchev–Trinajstić information content (AvgIpc) is 2.15. The summed E-state index contributed by atoms with van der Waals surface area (Å²) in [7, 11) is 2.80. The zero-order valence-electron chi connectivity index (χ0n) is 9.30. The van der Waals surface area contributed by atoms with Crippen LogP contribution in [0.3, 0.4) is 0 Å². The average molecular weight is 214 g/mol. The number of benzene rings is 1. The normalized spacial score (nSPS) is 11.3. The Morgan fingerprint density at radius 2 is 1.60 bits per heavy atom. The molecule has 1 aromatic rings. The van der Waals surface area contributed by atoms with E-state index in [0.717, 1.165) is 0 Å². The molecule has 0 unspecified atom stereocenters. The highest BCUT2D eigenvalue weighted by molar-refractivity contribution is 5.44. The van der Waals surface area contributed by atoms with Crippen LogP contribution in [0.2, 0.25) is 0 Å². The van der Waals surface area contributed by atoms with Crippen molar-refractivity contribution in [3.63, 3.8) is 0 Å². The van der Waals surface area contributed by atoms with Gasteiger partial charge < -0.3 is 14.6 Å². The van der Waals surface area contributed by atoms with Crippen molar-refractivity contribution in [2.45, 2.75) is 19.4 Å². The fraction of sp³-hybridized carbons (Fsp3) is 0.455. The first-order chi connectivity index (χ1) is 6.91. The molecular formula is C11H15FO3. The van der Waals surface area contributed by atoms with E-state index >= 15 is 0 Å². The Balaban J connectivity index is 3.43. The quantitative estimate of drug-likeness (QED) is 0.837. The fourth-order valence-electron chi connectivity index (χ4n) is 1.44. The van der Waals surface area contributed by atoms with E-state index in [1.165, 1.54) is 34.1 Å². The van der Waals surface area contributed by atoms with Crippen molar-refractivity contribution in [1.82, 2.24) is 0 Å². The van der Waals surface area contributed by atoms with Gasteiger partial charge >= 0.3 is 0 Å². The number of methoxy groups -OCH3 is 2. The fourth-order valence-corrected chi connectivity index (χ4v) is 1.44. The van der Waals surface area contributed by atoms with E-state index in [1.807, 2.05) is 0 Å². The summed E-state index contributed by atoms with van der Waals surface area (Å²) in [6, 6.07) is 3.03. The number of ether oxygens (including phenoxy) is 2. The van der Waals surface area contributed by atoms with Gasteiger partial charge in [-0.15, -0.1) is 0 Å². The topological polar surface area (TPSA) is 38.7 Å². The molecule has 84 valence electrons. The Kier molecular flexibility index (Phi) is 3.19.